The lowest BCUT2D eigenvalue weighted by molar-refractivity contribution is -0.137. The Morgan fingerprint density at radius 1 is 0.549 bits per heavy atom. The van der Waals surface area contributed by atoms with Crippen molar-refractivity contribution in [3.63, 3.8) is 0 Å². The summed E-state index contributed by atoms with van der Waals surface area (Å²) in [5.41, 5.74) is -0.0389. The van der Waals surface area contributed by atoms with Crippen molar-refractivity contribution in [3.05, 3.63) is 59.7 Å². The first kappa shape index (κ1) is 44.5. The Balaban J connectivity index is 1.32. The number of carbonyl (C=O) groups is 1. The summed E-state index contributed by atoms with van der Waals surface area (Å²) < 4.78 is 72.1. The normalized spacial score (nSPS) is 11.6. The predicted octanol–water partition coefficient (Wildman–Crippen LogP) is 10.2. The fourth-order valence-electron chi connectivity index (χ4n) is 5.35. The van der Waals surface area contributed by atoms with Crippen molar-refractivity contribution in [2.45, 2.75) is 103 Å². The number of alkyl halides is 3. The molecular weight excluding hydrogens is 663 g/mol. The molecule has 1 N–H and O–H groups in total. The fraction of sp³-hybridized carbons (Fsp3) is 0.675. The molecule has 0 radical (unpaired) electrons. The molecule has 0 aliphatic carbocycles. The third kappa shape index (κ3) is 23.5. The largest absolute Gasteiger partial charge is 0.460 e. The zero-order chi connectivity index (χ0) is 36.7. The van der Waals surface area contributed by atoms with Gasteiger partial charge in [-0.15, -0.1) is 0 Å². The summed E-state index contributed by atoms with van der Waals surface area (Å²) in [6, 6.07) is 11.2. The maximum Gasteiger partial charge on any atom is 0.416 e. The van der Waals surface area contributed by atoms with E-state index in [0.29, 0.717) is 58.5 Å². The molecule has 0 aliphatic rings. The Hall–Kier alpha value is -2.70. The highest BCUT2D eigenvalue weighted by Crippen LogP contribution is 2.32. The van der Waals surface area contributed by atoms with Gasteiger partial charge in [-0.3, -0.25) is 0 Å². The lowest BCUT2D eigenvalue weighted by Gasteiger charge is -2.13. The molecule has 11 heteroatoms. The van der Waals surface area contributed by atoms with Gasteiger partial charge in [0.15, 0.2) is 0 Å². The van der Waals surface area contributed by atoms with Crippen molar-refractivity contribution in [2.24, 2.45) is 0 Å². The van der Waals surface area contributed by atoms with E-state index in [1.54, 1.807) is 18.2 Å². The van der Waals surface area contributed by atoms with Crippen LogP contribution in [0.3, 0.4) is 0 Å². The zero-order valence-electron chi connectivity index (χ0n) is 30.8. The van der Waals surface area contributed by atoms with Crippen molar-refractivity contribution in [3.8, 4) is 0 Å². The van der Waals surface area contributed by atoms with Crippen LogP contribution in [-0.4, -0.2) is 78.6 Å². The van der Waals surface area contributed by atoms with Crippen molar-refractivity contribution in [2.75, 3.05) is 78.0 Å². The van der Waals surface area contributed by atoms with Gasteiger partial charge >= 0.3 is 12.1 Å². The Morgan fingerprint density at radius 2 is 1.00 bits per heavy atom. The highest BCUT2D eigenvalue weighted by Gasteiger charge is 2.30. The molecule has 0 aromatic heterocycles. The Morgan fingerprint density at radius 3 is 1.51 bits per heavy atom. The maximum atomic E-state index is 13.0. The van der Waals surface area contributed by atoms with Gasteiger partial charge in [-0.1, -0.05) is 109 Å². The molecular formula is C40H62F3NO7. The molecule has 0 atom stereocenters. The summed E-state index contributed by atoms with van der Waals surface area (Å²) in [5.74, 6) is -0.612. The lowest BCUT2D eigenvalue weighted by atomic mass is 10.0. The maximum absolute atomic E-state index is 13.0. The van der Waals surface area contributed by atoms with Gasteiger partial charge in [0.2, 0.25) is 0 Å². The number of halogens is 3. The summed E-state index contributed by atoms with van der Waals surface area (Å²) in [4.78, 5) is 12.6. The molecule has 0 saturated heterocycles. The van der Waals surface area contributed by atoms with Crippen LogP contribution in [-0.2, 0) is 34.6 Å². The van der Waals surface area contributed by atoms with E-state index in [9.17, 15) is 18.0 Å². The van der Waals surface area contributed by atoms with Gasteiger partial charge in [0.1, 0.15) is 6.61 Å². The first-order valence-corrected chi connectivity index (χ1v) is 19.0. The summed E-state index contributed by atoms with van der Waals surface area (Å²) in [5, 5.41) is 2.87. The van der Waals surface area contributed by atoms with Crippen LogP contribution in [0.25, 0.3) is 0 Å². The number of para-hydroxylation sites is 1. The van der Waals surface area contributed by atoms with Gasteiger partial charge < -0.3 is 33.7 Å². The highest BCUT2D eigenvalue weighted by molar-refractivity contribution is 5.96. The molecule has 0 bridgehead atoms. The van der Waals surface area contributed by atoms with Gasteiger partial charge in [-0.05, 0) is 36.8 Å². The second-order valence-electron chi connectivity index (χ2n) is 12.5. The number of hydrogen-bond donors (Lipinski definition) is 1. The number of ether oxygens (including phenoxy) is 6. The molecule has 0 unspecified atom stereocenters. The minimum atomic E-state index is -4.47. The number of rotatable bonds is 33. The van der Waals surface area contributed by atoms with Gasteiger partial charge in [-0.25, -0.2) is 4.79 Å². The first-order chi connectivity index (χ1) is 24.9. The van der Waals surface area contributed by atoms with Gasteiger partial charge in [0.05, 0.1) is 76.3 Å². The smallest absolute Gasteiger partial charge is 0.416 e. The van der Waals surface area contributed by atoms with Crippen molar-refractivity contribution < 1.29 is 46.4 Å². The topological polar surface area (TPSA) is 84.5 Å². The zero-order valence-corrected chi connectivity index (χ0v) is 30.8. The molecule has 0 saturated carbocycles. The number of carbonyl (C=O) groups excluding carboxylic acids is 1. The van der Waals surface area contributed by atoms with Crippen molar-refractivity contribution >= 4 is 17.3 Å². The Bertz CT molecular complexity index is 1140. The van der Waals surface area contributed by atoms with Crippen molar-refractivity contribution in [1.82, 2.24) is 0 Å². The predicted molar refractivity (Wildman–Crippen MR) is 196 cm³/mol. The highest BCUT2D eigenvalue weighted by atomic mass is 19.4. The van der Waals surface area contributed by atoms with E-state index in [1.165, 1.54) is 102 Å². The number of unbranched alkanes of at least 4 members (excludes halogenated alkanes) is 13. The van der Waals surface area contributed by atoms with Crippen LogP contribution in [0.1, 0.15) is 113 Å². The van der Waals surface area contributed by atoms with Crippen LogP contribution in [0.2, 0.25) is 0 Å². The molecule has 0 amide bonds. The van der Waals surface area contributed by atoms with Crippen LogP contribution < -0.4 is 5.32 Å². The standard InChI is InChI=1S/C40H62F3NO7/c1-2-3-4-5-6-7-8-9-10-11-12-13-14-17-23-46-24-25-47-26-27-48-28-29-49-30-31-50-32-33-51-39(45)37-21-15-16-22-38(37)44-36-20-18-19-35(34-36)40(41,42)43/h15-16,18-22,34,44H,2-14,17,23-33H2,1H3. The van der Waals surface area contributed by atoms with Crippen LogP contribution in [0.15, 0.2) is 48.5 Å². The lowest BCUT2D eigenvalue weighted by Crippen LogP contribution is -2.15. The number of hydrogen-bond acceptors (Lipinski definition) is 8. The molecule has 2 aromatic rings. The summed E-state index contributed by atoms with van der Waals surface area (Å²) >= 11 is 0. The molecule has 0 heterocycles. The van der Waals surface area contributed by atoms with Gasteiger partial charge in [-0.2, -0.15) is 13.2 Å². The molecule has 0 aliphatic heterocycles. The SMILES string of the molecule is CCCCCCCCCCCCCCCCOCCOCCOCCOCCOCCOC(=O)c1ccccc1Nc1cccc(C(F)(F)F)c1. The van der Waals surface area contributed by atoms with Crippen LogP contribution >= 0.6 is 0 Å². The van der Waals surface area contributed by atoms with Gasteiger partial charge in [0, 0.05) is 12.3 Å². The molecule has 2 aromatic carbocycles. The van der Waals surface area contributed by atoms with E-state index in [4.69, 9.17) is 28.4 Å². The third-order valence-electron chi connectivity index (χ3n) is 8.21. The van der Waals surface area contributed by atoms with Crippen LogP contribution in [0.5, 0.6) is 0 Å². The number of benzene rings is 2. The van der Waals surface area contributed by atoms with E-state index < -0.39 is 17.7 Å². The van der Waals surface area contributed by atoms with E-state index in [1.807, 2.05) is 0 Å². The van der Waals surface area contributed by atoms with E-state index >= 15 is 0 Å². The summed E-state index contributed by atoms with van der Waals surface area (Å²) in [6.07, 6.45) is 14.5. The van der Waals surface area contributed by atoms with Gasteiger partial charge in [0.25, 0.3) is 0 Å². The Kier molecular flexibility index (Phi) is 26.0. The van der Waals surface area contributed by atoms with E-state index in [0.717, 1.165) is 25.2 Å². The minimum absolute atomic E-state index is 0.0182. The van der Waals surface area contributed by atoms with Crippen LogP contribution in [0.4, 0.5) is 24.5 Å². The average molecular weight is 726 g/mol. The molecule has 8 nitrogen and oxygen atoms in total. The van der Waals surface area contributed by atoms with Crippen LogP contribution in [0, 0.1) is 0 Å². The summed E-state index contributed by atoms with van der Waals surface area (Å²) in [6.45, 7) is 7.00. The average Bonchev–Trinajstić information content (AvgIpc) is 3.12. The Labute approximate surface area is 304 Å². The van der Waals surface area contributed by atoms with E-state index in [-0.39, 0.29) is 24.5 Å². The van der Waals surface area contributed by atoms with E-state index in [2.05, 4.69) is 12.2 Å². The minimum Gasteiger partial charge on any atom is -0.460 e. The third-order valence-corrected chi connectivity index (χ3v) is 8.21. The quantitative estimate of drug-likeness (QED) is 0.0575. The number of anilines is 2. The number of esters is 1. The second kappa shape index (κ2) is 29.8. The molecule has 0 spiro atoms. The molecule has 51 heavy (non-hydrogen) atoms. The molecule has 0 fully saturated rings. The molecule has 2 rings (SSSR count). The summed E-state index contributed by atoms with van der Waals surface area (Å²) in [7, 11) is 0. The molecule has 290 valence electrons. The monoisotopic (exact) mass is 725 g/mol. The fourth-order valence-corrected chi connectivity index (χ4v) is 5.35. The van der Waals surface area contributed by atoms with Crippen molar-refractivity contribution in [1.29, 1.82) is 0 Å². The first-order valence-electron chi connectivity index (χ1n) is 19.0. The second-order valence-corrected chi connectivity index (χ2v) is 12.5. The number of nitrogens with one attached hydrogen (secondary N) is 1.